The van der Waals surface area contributed by atoms with E-state index in [0.29, 0.717) is 19.6 Å². The topological polar surface area (TPSA) is 70.1 Å². The van der Waals surface area contributed by atoms with Crippen molar-refractivity contribution in [2.45, 2.75) is 59.9 Å². The fourth-order valence-electron chi connectivity index (χ4n) is 2.73. The zero-order valence-corrected chi connectivity index (χ0v) is 13.8. The summed E-state index contributed by atoms with van der Waals surface area (Å²) in [6, 6.07) is 2.09. The van der Waals surface area contributed by atoms with Crippen molar-refractivity contribution in [2.75, 3.05) is 13.2 Å². The number of hydrogen-bond donors (Lipinski definition) is 1. The summed E-state index contributed by atoms with van der Waals surface area (Å²) in [5.41, 5.74) is 7.46. The van der Waals surface area contributed by atoms with Gasteiger partial charge in [-0.3, -0.25) is 9.48 Å². The monoisotopic (exact) mass is 295 g/mol. The lowest BCUT2D eigenvalue weighted by Crippen LogP contribution is -2.42. The van der Waals surface area contributed by atoms with Crippen LogP contribution < -0.4 is 5.73 Å². The Morgan fingerprint density at radius 1 is 1.38 bits per heavy atom. The highest BCUT2D eigenvalue weighted by Crippen LogP contribution is 2.30. The molecule has 0 saturated heterocycles. The molecule has 0 bridgehead atoms. The predicted molar refractivity (Wildman–Crippen MR) is 84.0 cm³/mol. The van der Waals surface area contributed by atoms with Gasteiger partial charge >= 0.3 is 5.97 Å². The van der Waals surface area contributed by atoms with E-state index in [0.717, 1.165) is 37.2 Å². The van der Waals surface area contributed by atoms with E-state index in [4.69, 9.17) is 10.5 Å². The van der Waals surface area contributed by atoms with E-state index in [-0.39, 0.29) is 5.97 Å². The normalized spacial score (nSPS) is 14.0. The Balaban J connectivity index is 3.10. The van der Waals surface area contributed by atoms with Crippen LogP contribution in [-0.2, 0) is 28.9 Å². The molecular formula is C16H29N3O2. The molecule has 0 aliphatic heterocycles. The molecule has 1 atom stereocenters. The van der Waals surface area contributed by atoms with Gasteiger partial charge in [0.25, 0.3) is 0 Å². The standard InChI is InChI=1S/C16H29N3O2/c1-5-9-16(12-17,15(20)21-8-4)11-14-10-13(6-2)18-19(14)7-3/h10H,5-9,11-12,17H2,1-4H3. The molecule has 21 heavy (non-hydrogen) atoms. The molecular weight excluding hydrogens is 266 g/mol. The minimum Gasteiger partial charge on any atom is -0.466 e. The van der Waals surface area contributed by atoms with Crippen LogP contribution >= 0.6 is 0 Å². The number of carbonyl (C=O) groups is 1. The van der Waals surface area contributed by atoms with Crippen LogP contribution in [0.2, 0.25) is 0 Å². The maximum Gasteiger partial charge on any atom is 0.313 e. The van der Waals surface area contributed by atoms with E-state index in [9.17, 15) is 4.79 Å². The Kier molecular flexibility index (Phi) is 6.89. The lowest BCUT2D eigenvalue weighted by Gasteiger charge is -2.29. The molecule has 1 unspecified atom stereocenters. The molecule has 5 heteroatoms. The summed E-state index contributed by atoms with van der Waals surface area (Å²) in [5.74, 6) is -0.184. The fourth-order valence-corrected chi connectivity index (χ4v) is 2.73. The van der Waals surface area contributed by atoms with Crippen LogP contribution in [0.5, 0.6) is 0 Å². The molecule has 0 saturated carbocycles. The third-order valence-corrected chi connectivity index (χ3v) is 3.92. The van der Waals surface area contributed by atoms with Crippen molar-refractivity contribution in [3.8, 4) is 0 Å². The van der Waals surface area contributed by atoms with Gasteiger partial charge in [0.2, 0.25) is 0 Å². The van der Waals surface area contributed by atoms with Gasteiger partial charge in [0, 0.05) is 25.2 Å². The Morgan fingerprint density at radius 3 is 2.57 bits per heavy atom. The average Bonchev–Trinajstić information content (AvgIpc) is 2.88. The van der Waals surface area contributed by atoms with Gasteiger partial charge in [-0.05, 0) is 32.8 Å². The Labute approximate surface area is 127 Å². The van der Waals surface area contributed by atoms with E-state index in [1.165, 1.54) is 0 Å². The first kappa shape index (κ1) is 17.7. The molecule has 0 fully saturated rings. The van der Waals surface area contributed by atoms with Crippen LogP contribution in [0.1, 0.15) is 51.9 Å². The number of ether oxygens (including phenoxy) is 1. The highest BCUT2D eigenvalue weighted by molar-refractivity contribution is 5.77. The van der Waals surface area contributed by atoms with Crippen LogP contribution in [-0.4, -0.2) is 28.9 Å². The van der Waals surface area contributed by atoms with Crippen LogP contribution in [0.25, 0.3) is 0 Å². The summed E-state index contributed by atoms with van der Waals surface area (Å²) in [5, 5.41) is 4.55. The molecule has 1 rings (SSSR count). The second kappa shape index (κ2) is 8.17. The number of aryl methyl sites for hydroxylation is 2. The van der Waals surface area contributed by atoms with Crippen LogP contribution in [0, 0.1) is 5.41 Å². The van der Waals surface area contributed by atoms with Gasteiger partial charge in [0.15, 0.2) is 0 Å². The second-order valence-corrected chi connectivity index (χ2v) is 5.43. The number of aromatic nitrogens is 2. The van der Waals surface area contributed by atoms with Crippen molar-refractivity contribution < 1.29 is 9.53 Å². The summed E-state index contributed by atoms with van der Waals surface area (Å²) in [6.07, 6.45) is 3.12. The van der Waals surface area contributed by atoms with Gasteiger partial charge in [0.05, 0.1) is 17.7 Å². The first-order valence-corrected chi connectivity index (χ1v) is 7.99. The smallest absolute Gasteiger partial charge is 0.313 e. The van der Waals surface area contributed by atoms with Gasteiger partial charge < -0.3 is 10.5 Å². The lowest BCUT2D eigenvalue weighted by atomic mass is 9.79. The minimum absolute atomic E-state index is 0.184. The molecule has 0 aliphatic carbocycles. The van der Waals surface area contributed by atoms with Crippen LogP contribution in [0.4, 0.5) is 0 Å². The third-order valence-electron chi connectivity index (χ3n) is 3.92. The van der Waals surface area contributed by atoms with Gasteiger partial charge in [-0.2, -0.15) is 5.10 Å². The van der Waals surface area contributed by atoms with Crippen LogP contribution in [0.15, 0.2) is 6.07 Å². The quantitative estimate of drug-likeness (QED) is 0.710. The highest BCUT2D eigenvalue weighted by Gasteiger charge is 2.39. The summed E-state index contributed by atoms with van der Waals surface area (Å²) in [4.78, 5) is 12.4. The van der Waals surface area contributed by atoms with Crippen molar-refractivity contribution in [2.24, 2.45) is 11.1 Å². The first-order chi connectivity index (χ1) is 10.1. The van der Waals surface area contributed by atoms with Crippen molar-refractivity contribution in [1.82, 2.24) is 9.78 Å². The largest absolute Gasteiger partial charge is 0.466 e. The summed E-state index contributed by atoms with van der Waals surface area (Å²) < 4.78 is 7.25. The van der Waals surface area contributed by atoms with E-state index in [1.54, 1.807) is 0 Å². The molecule has 0 radical (unpaired) electrons. The molecule has 0 aliphatic rings. The number of hydrogen-bond acceptors (Lipinski definition) is 4. The van der Waals surface area contributed by atoms with Gasteiger partial charge in [-0.15, -0.1) is 0 Å². The fraction of sp³-hybridized carbons (Fsp3) is 0.750. The Morgan fingerprint density at radius 2 is 2.10 bits per heavy atom. The van der Waals surface area contributed by atoms with Crippen molar-refractivity contribution >= 4 is 5.97 Å². The summed E-state index contributed by atoms with van der Waals surface area (Å²) in [6.45, 7) is 9.53. The second-order valence-electron chi connectivity index (χ2n) is 5.43. The average molecular weight is 295 g/mol. The molecule has 0 amide bonds. The minimum atomic E-state index is -0.636. The highest BCUT2D eigenvalue weighted by atomic mass is 16.5. The Bertz CT molecular complexity index is 456. The maximum atomic E-state index is 12.4. The number of rotatable bonds is 9. The summed E-state index contributed by atoms with van der Waals surface area (Å²) in [7, 11) is 0. The first-order valence-electron chi connectivity index (χ1n) is 7.99. The SMILES string of the molecule is CCCC(CN)(Cc1cc(CC)nn1CC)C(=O)OCC. The molecule has 5 nitrogen and oxygen atoms in total. The van der Waals surface area contributed by atoms with E-state index in [2.05, 4.69) is 31.9 Å². The van der Waals surface area contributed by atoms with Gasteiger partial charge in [0.1, 0.15) is 0 Å². The van der Waals surface area contributed by atoms with E-state index >= 15 is 0 Å². The zero-order chi connectivity index (χ0) is 15.9. The van der Waals surface area contributed by atoms with Gasteiger partial charge in [-0.1, -0.05) is 20.3 Å². The van der Waals surface area contributed by atoms with E-state index in [1.807, 2.05) is 11.6 Å². The summed E-state index contributed by atoms with van der Waals surface area (Å²) >= 11 is 0. The number of carbonyl (C=O) groups excluding carboxylic acids is 1. The van der Waals surface area contributed by atoms with Crippen molar-refractivity contribution in [3.63, 3.8) is 0 Å². The maximum absolute atomic E-state index is 12.4. The van der Waals surface area contributed by atoms with Crippen molar-refractivity contribution in [3.05, 3.63) is 17.5 Å². The van der Waals surface area contributed by atoms with Crippen LogP contribution in [0.3, 0.4) is 0 Å². The Hall–Kier alpha value is -1.36. The van der Waals surface area contributed by atoms with Gasteiger partial charge in [-0.25, -0.2) is 0 Å². The number of esters is 1. The molecule has 2 N–H and O–H groups in total. The molecule has 0 spiro atoms. The predicted octanol–water partition coefficient (Wildman–Crippen LogP) is 2.32. The van der Waals surface area contributed by atoms with Crippen molar-refractivity contribution in [1.29, 1.82) is 0 Å². The molecule has 1 heterocycles. The third kappa shape index (κ3) is 4.06. The van der Waals surface area contributed by atoms with E-state index < -0.39 is 5.41 Å². The molecule has 1 aromatic rings. The molecule has 120 valence electrons. The molecule has 1 aromatic heterocycles. The number of nitrogens with two attached hydrogens (primary N) is 1. The molecule has 0 aromatic carbocycles. The zero-order valence-electron chi connectivity index (χ0n) is 13.8. The lowest BCUT2D eigenvalue weighted by molar-refractivity contribution is -0.155. The number of nitrogens with zero attached hydrogens (tertiary/aromatic N) is 2.